The Balaban J connectivity index is 2.30. The second-order valence-electron chi connectivity index (χ2n) is 5.92. The van der Waals surface area contributed by atoms with E-state index in [1.54, 1.807) is 24.3 Å². The number of imidazole rings is 1. The minimum atomic E-state index is -4.53. The highest BCUT2D eigenvalue weighted by molar-refractivity contribution is 6.00. The summed E-state index contributed by atoms with van der Waals surface area (Å²) in [6.45, 7) is 0. The van der Waals surface area contributed by atoms with Gasteiger partial charge in [0.2, 0.25) is 11.9 Å². The molecule has 0 unspecified atom stereocenters. The molecule has 0 aliphatic rings. The summed E-state index contributed by atoms with van der Waals surface area (Å²) < 4.78 is 41.2. The largest absolute Gasteiger partial charge is 0.416 e. The van der Waals surface area contributed by atoms with E-state index in [9.17, 15) is 18.0 Å². The van der Waals surface area contributed by atoms with Crippen molar-refractivity contribution in [1.29, 1.82) is 0 Å². The van der Waals surface area contributed by atoms with E-state index in [1.165, 1.54) is 36.2 Å². The number of hydrogen-bond donors (Lipinski definition) is 2. The summed E-state index contributed by atoms with van der Waals surface area (Å²) in [6, 6.07) is 12.2. The van der Waals surface area contributed by atoms with Gasteiger partial charge in [-0.2, -0.15) is 13.2 Å². The molecule has 5 nitrogen and oxygen atoms in total. The van der Waals surface area contributed by atoms with E-state index in [4.69, 9.17) is 5.73 Å². The van der Waals surface area contributed by atoms with Crippen LogP contribution in [0.15, 0.2) is 67.0 Å². The molecule has 0 aliphatic heterocycles. The molecule has 0 radical (unpaired) electrons. The summed E-state index contributed by atoms with van der Waals surface area (Å²) in [5, 5.41) is 2.50. The predicted molar refractivity (Wildman–Crippen MR) is 101 cm³/mol. The average molecular weight is 386 g/mol. The quantitative estimate of drug-likeness (QED) is 0.673. The lowest BCUT2D eigenvalue weighted by Gasteiger charge is -2.18. The minimum Gasteiger partial charge on any atom is -0.369 e. The number of carbonyl (C=O) groups excluding carboxylic acids is 1. The number of alkyl halides is 3. The normalized spacial score (nSPS) is 12.1. The molecule has 0 spiro atoms. The van der Waals surface area contributed by atoms with E-state index in [0.29, 0.717) is 16.7 Å². The first-order valence-electron chi connectivity index (χ1n) is 8.31. The maximum atomic E-state index is 13.3. The van der Waals surface area contributed by atoms with Crippen molar-refractivity contribution in [3.05, 3.63) is 83.7 Å². The summed E-state index contributed by atoms with van der Waals surface area (Å²) >= 11 is 0. The van der Waals surface area contributed by atoms with E-state index in [2.05, 4.69) is 10.3 Å². The van der Waals surface area contributed by atoms with E-state index in [-0.39, 0.29) is 17.5 Å². The molecule has 28 heavy (non-hydrogen) atoms. The highest BCUT2D eigenvalue weighted by Gasteiger charge is 2.31. The first kappa shape index (κ1) is 19.2. The van der Waals surface area contributed by atoms with Crippen LogP contribution >= 0.6 is 0 Å². The number of nitrogens with zero attached hydrogens (tertiary/aromatic N) is 2. The summed E-state index contributed by atoms with van der Waals surface area (Å²) in [5.41, 5.74) is 6.72. The maximum absolute atomic E-state index is 13.3. The SMILES string of the molecule is CNC(=O)/C=C(\c1ccccc1)c1ccc(C(F)(F)F)cc1-n1ccnc1N. The van der Waals surface area contributed by atoms with E-state index >= 15 is 0 Å². The molecule has 1 aromatic heterocycles. The van der Waals surface area contributed by atoms with Gasteiger partial charge in [-0.3, -0.25) is 9.36 Å². The van der Waals surface area contributed by atoms with Crippen molar-refractivity contribution < 1.29 is 18.0 Å². The Morgan fingerprint density at radius 1 is 1.18 bits per heavy atom. The van der Waals surface area contributed by atoms with Gasteiger partial charge < -0.3 is 11.1 Å². The van der Waals surface area contributed by atoms with Crippen LogP contribution in [0.25, 0.3) is 11.3 Å². The Hall–Kier alpha value is -3.55. The van der Waals surface area contributed by atoms with Crippen molar-refractivity contribution in [3.8, 4) is 5.69 Å². The Labute approximate surface area is 159 Å². The summed E-state index contributed by atoms with van der Waals surface area (Å²) in [7, 11) is 1.48. The van der Waals surface area contributed by atoms with Crippen molar-refractivity contribution in [2.24, 2.45) is 0 Å². The van der Waals surface area contributed by atoms with Crippen LogP contribution in [-0.4, -0.2) is 22.5 Å². The number of anilines is 1. The van der Waals surface area contributed by atoms with Crippen molar-refractivity contribution in [3.63, 3.8) is 0 Å². The van der Waals surface area contributed by atoms with Gasteiger partial charge in [0.1, 0.15) is 0 Å². The maximum Gasteiger partial charge on any atom is 0.416 e. The van der Waals surface area contributed by atoms with Crippen LogP contribution in [0.5, 0.6) is 0 Å². The zero-order valence-corrected chi connectivity index (χ0v) is 14.9. The lowest BCUT2D eigenvalue weighted by molar-refractivity contribution is -0.137. The number of nitrogen functional groups attached to an aromatic ring is 1. The van der Waals surface area contributed by atoms with Gasteiger partial charge in [0.05, 0.1) is 11.3 Å². The van der Waals surface area contributed by atoms with Gasteiger partial charge in [-0.15, -0.1) is 0 Å². The van der Waals surface area contributed by atoms with Gasteiger partial charge in [-0.25, -0.2) is 4.98 Å². The number of amides is 1. The van der Waals surface area contributed by atoms with Crippen LogP contribution in [0.1, 0.15) is 16.7 Å². The van der Waals surface area contributed by atoms with Crippen molar-refractivity contribution in [2.75, 3.05) is 12.8 Å². The Morgan fingerprint density at radius 2 is 1.89 bits per heavy atom. The summed E-state index contributed by atoms with van der Waals surface area (Å²) in [5.74, 6) is -0.351. The molecular formula is C20H17F3N4O. The Bertz CT molecular complexity index is 1020. The molecule has 1 heterocycles. The zero-order chi connectivity index (χ0) is 20.3. The van der Waals surface area contributed by atoms with Crippen LogP contribution in [0.3, 0.4) is 0 Å². The first-order valence-corrected chi connectivity index (χ1v) is 8.31. The fourth-order valence-electron chi connectivity index (χ4n) is 2.79. The summed E-state index contributed by atoms with van der Waals surface area (Å²) in [4.78, 5) is 15.9. The van der Waals surface area contributed by atoms with Crippen LogP contribution in [0.2, 0.25) is 0 Å². The highest BCUT2D eigenvalue weighted by atomic mass is 19.4. The molecule has 3 aromatic rings. The lowest BCUT2D eigenvalue weighted by atomic mass is 9.94. The zero-order valence-electron chi connectivity index (χ0n) is 14.9. The van der Waals surface area contributed by atoms with E-state index < -0.39 is 11.7 Å². The van der Waals surface area contributed by atoms with Crippen molar-refractivity contribution >= 4 is 17.4 Å². The van der Waals surface area contributed by atoms with Gasteiger partial charge in [0.15, 0.2) is 0 Å². The molecule has 3 rings (SSSR count). The number of aromatic nitrogens is 2. The molecule has 0 atom stereocenters. The number of nitrogens with one attached hydrogen (secondary N) is 1. The monoisotopic (exact) mass is 386 g/mol. The van der Waals surface area contributed by atoms with E-state index in [0.717, 1.165) is 12.1 Å². The molecule has 144 valence electrons. The van der Waals surface area contributed by atoms with Crippen LogP contribution in [0, 0.1) is 0 Å². The van der Waals surface area contributed by atoms with E-state index in [1.807, 2.05) is 6.07 Å². The number of rotatable bonds is 4. The van der Waals surface area contributed by atoms with Crippen LogP contribution < -0.4 is 11.1 Å². The number of likely N-dealkylation sites (N-methyl/N-ethyl adjacent to an activating group) is 1. The molecule has 3 N–H and O–H groups in total. The first-order chi connectivity index (χ1) is 13.3. The minimum absolute atomic E-state index is 0.0351. The Morgan fingerprint density at radius 3 is 2.46 bits per heavy atom. The second kappa shape index (κ2) is 7.59. The van der Waals surface area contributed by atoms with Gasteiger partial charge in [0.25, 0.3) is 0 Å². The van der Waals surface area contributed by atoms with Gasteiger partial charge in [-0.05, 0) is 23.3 Å². The van der Waals surface area contributed by atoms with Crippen molar-refractivity contribution in [1.82, 2.24) is 14.9 Å². The molecule has 0 bridgehead atoms. The van der Waals surface area contributed by atoms with Gasteiger partial charge in [0, 0.05) is 31.1 Å². The number of halogens is 3. The average Bonchev–Trinajstić information content (AvgIpc) is 3.11. The van der Waals surface area contributed by atoms with Crippen molar-refractivity contribution in [2.45, 2.75) is 6.18 Å². The van der Waals surface area contributed by atoms with Gasteiger partial charge in [-0.1, -0.05) is 36.4 Å². The van der Waals surface area contributed by atoms with Crippen LogP contribution in [0.4, 0.5) is 19.1 Å². The fraction of sp³-hybridized carbons (Fsp3) is 0.100. The molecule has 1 amide bonds. The number of nitrogens with two attached hydrogens (primary N) is 1. The van der Waals surface area contributed by atoms with Crippen LogP contribution in [-0.2, 0) is 11.0 Å². The molecule has 2 aromatic carbocycles. The molecule has 0 fully saturated rings. The Kier molecular flexibility index (Phi) is 5.21. The summed E-state index contributed by atoms with van der Waals surface area (Å²) in [6.07, 6.45) is -0.324. The topological polar surface area (TPSA) is 72.9 Å². The fourth-order valence-corrected chi connectivity index (χ4v) is 2.79. The molecular weight excluding hydrogens is 369 g/mol. The highest BCUT2D eigenvalue weighted by Crippen LogP contribution is 2.36. The molecule has 0 saturated heterocycles. The molecule has 0 saturated carbocycles. The second-order valence-corrected chi connectivity index (χ2v) is 5.92. The third-order valence-electron chi connectivity index (χ3n) is 4.15. The molecule has 0 aliphatic carbocycles. The number of carbonyl (C=O) groups is 1. The smallest absolute Gasteiger partial charge is 0.369 e. The third-order valence-corrected chi connectivity index (χ3v) is 4.15. The predicted octanol–water partition coefficient (Wildman–Crippen LogP) is 3.65. The number of hydrogen-bond acceptors (Lipinski definition) is 3. The molecule has 8 heteroatoms. The standard InChI is InChI=1S/C20H17F3N4O/c1-25-18(28)12-16(13-5-3-2-4-6-13)15-8-7-14(20(21,22)23)11-17(15)27-10-9-26-19(27)24/h2-12H,1H3,(H2,24,26)(H,25,28)/b16-12+. The third kappa shape index (κ3) is 3.90. The lowest BCUT2D eigenvalue weighted by Crippen LogP contribution is -2.16. The number of benzene rings is 2. The van der Waals surface area contributed by atoms with Gasteiger partial charge >= 0.3 is 6.18 Å².